The number of para-hydroxylation sites is 2. The maximum Gasteiger partial charge on any atom is 0.229 e. The van der Waals surface area contributed by atoms with Gasteiger partial charge in [-0.1, -0.05) is 24.3 Å². The van der Waals surface area contributed by atoms with Crippen LogP contribution in [0.15, 0.2) is 48.5 Å². The lowest BCUT2D eigenvalue weighted by atomic mass is 10.1. The van der Waals surface area contributed by atoms with Crippen LogP contribution in [-0.4, -0.2) is 31.4 Å². The molecule has 1 saturated heterocycles. The summed E-state index contributed by atoms with van der Waals surface area (Å²) in [5, 5.41) is 2.82. The number of amides is 3. The smallest absolute Gasteiger partial charge is 0.229 e. The number of benzene rings is 2. The Morgan fingerprint density at radius 1 is 1.19 bits per heavy atom. The van der Waals surface area contributed by atoms with E-state index >= 15 is 0 Å². The molecular formula is C20H21N3O4. The Hall–Kier alpha value is -3.35. The fourth-order valence-electron chi connectivity index (χ4n) is 3.12. The number of carbonyl (C=O) groups is 3. The first-order valence-corrected chi connectivity index (χ1v) is 8.59. The Labute approximate surface area is 157 Å². The lowest BCUT2D eigenvalue weighted by molar-refractivity contribution is -0.122. The Morgan fingerprint density at radius 2 is 1.89 bits per heavy atom. The summed E-state index contributed by atoms with van der Waals surface area (Å²) >= 11 is 0. The molecule has 1 unspecified atom stereocenters. The summed E-state index contributed by atoms with van der Waals surface area (Å²) in [5.74, 6) is -0.600. The summed E-state index contributed by atoms with van der Waals surface area (Å²) in [4.78, 5) is 37.5. The number of primary amides is 1. The van der Waals surface area contributed by atoms with Crippen LogP contribution >= 0.6 is 0 Å². The van der Waals surface area contributed by atoms with Crippen LogP contribution in [0, 0.1) is 5.92 Å². The number of rotatable bonds is 6. The minimum Gasteiger partial charge on any atom is -0.495 e. The molecule has 2 aromatic carbocycles. The number of ether oxygens (including phenoxy) is 1. The second-order valence-corrected chi connectivity index (χ2v) is 6.41. The van der Waals surface area contributed by atoms with Crippen LogP contribution in [0.25, 0.3) is 0 Å². The number of hydrogen-bond donors (Lipinski definition) is 2. The lowest BCUT2D eigenvalue weighted by Gasteiger charge is -2.19. The number of methoxy groups -OCH3 is 1. The predicted octanol–water partition coefficient (Wildman–Crippen LogP) is 1.71. The van der Waals surface area contributed by atoms with E-state index < -0.39 is 11.8 Å². The molecule has 3 rings (SSSR count). The zero-order valence-electron chi connectivity index (χ0n) is 15.0. The monoisotopic (exact) mass is 367 g/mol. The first-order chi connectivity index (χ1) is 13.0. The average molecular weight is 367 g/mol. The Kier molecular flexibility index (Phi) is 5.40. The number of carbonyl (C=O) groups excluding carboxylic acids is 3. The summed E-state index contributed by atoms with van der Waals surface area (Å²) in [6, 6.07) is 14.1. The third-order valence-corrected chi connectivity index (χ3v) is 4.47. The number of nitrogens with zero attached hydrogens (tertiary/aromatic N) is 1. The molecule has 1 aliphatic rings. The van der Waals surface area contributed by atoms with E-state index in [4.69, 9.17) is 10.5 Å². The summed E-state index contributed by atoms with van der Waals surface area (Å²) in [6.45, 7) is 0.296. The first-order valence-electron chi connectivity index (χ1n) is 8.59. The van der Waals surface area contributed by atoms with Crippen molar-refractivity contribution in [1.29, 1.82) is 0 Å². The van der Waals surface area contributed by atoms with Gasteiger partial charge in [0.2, 0.25) is 17.7 Å². The fraction of sp³-hybridized carbons (Fsp3) is 0.250. The molecule has 3 amide bonds. The normalized spacial score (nSPS) is 16.3. The third kappa shape index (κ3) is 4.25. The van der Waals surface area contributed by atoms with Crippen molar-refractivity contribution in [3.05, 3.63) is 54.1 Å². The summed E-state index contributed by atoms with van der Waals surface area (Å²) in [5.41, 5.74) is 7.21. The van der Waals surface area contributed by atoms with Crippen molar-refractivity contribution in [2.75, 3.05) is 23.9 Å². The van der Waals surface area contributed by atoms with E-state index in [1.54, 1.807) is 48.4 Å². The second kappa shape index (κ2) is 7.90. The largest absolute Gasteiger partial charge is 0.495 e. The number of anilines is 2. The first kappa shape index (κ1) is 18.4. The molecule has 7 heteroatoms. The van der Waals surface area contributed by atoms with Gasteiger partial charge in [0.05, 0.1) is 25.1 Å². The summed E-state index contributed by atoms with van der Waals surface area (Å²) in [7, 11) is 1.55. The summed E-state index contributed by atoms with van der Waals surface area (Å²) in [6.07, 6.45) is 0.295. The van der Waals surface area contributed by atoms with Gasteiger partial charge in [-0.05, 0) is 29.8 Å². The van der Waals surface area contributed by atoms with E-state index in [0.29, 0.717) is 23.7 Å². The fourth-order valence-corrected chi connectivity index (χ4v) is 3.12. The molecule has 1 atom stereocenters. The molecule has 0 aliphatic carbocycles. The molecule has 0 saturated carbocycles. The van der Waals surface area contributed by atoms with Crippen LogP contribution in [0.2, 0.25) is 0 Å². The molecule has 1 fully saturated rings. The van der Waals surface area contributed by atoms with Gasteiger partial charge < -0.3 is 20.7 Å². The molecule has 3 N–H and O–H groups in total. The van der Waals surface area contributed by atoms with Crippen LogP contribution < -0.4 is 20.7 Å². The van der Waals surface area contributed by atoms with E-state index in [2.05, 4.69) is 5.32 Å². The topological polar surface area (TPSA) is 102 Å². The molecule has 2 aromatic rings. The van der Waals surface area contributed by atoms with Gasteiger partial charge in [-0.25, -0.2) is 0 Å². The highest BCUT2D eigenvalue weighted by Gasteiger charge is 2.36. The molecule has 7 nitrogen and oxygen atoms in total. The van der Waals surface area contributed by atoms with Gasteiger partial charge >= 0.3 is 0 Å². The average Bonchev–Trinajstić information content (AvgIpc) is 3.04. The second-order valence-electron chi connectivity index (χ2n) is 6.41. The molecule has 0 spiro atoms. The van der Waals surface area contributed by atoms with Crippen molar-refractivity contribution in [1.82, 2.24) is 0 Å². The molecule has 1 aliphatic heterocycles. The number of hydrogen-bond acceptors (Lipinski definition) is 4. The van der Waals surface area contributed by atoms with Gasteiger partial charge in [-0.15, -0.1) is 0 Å². The van der Waals surface area contributed by atoms with Crippen molar-refractivity contribution >= 4 is 29.1 Å². The zero-order chi connectivity index (χ0) is 19.4. The third-order valence-electron chi connectivity index (χ3n) is 4.47. The van der Waals surface area contributed by atoms with E-state index in [-0.39, 0.29) is 24.7 Å². The Balaban J connectivity index is 1.66. The van der Waals surface area contributed by atoms with Crippen molar-refractivity contribution < 1.29 is 19.1 Å². The standard InChI is InChI=1S/C20H21N3O4/c1-27-17-5-3-2-4-16(17)23-12-14(11-19(23)25)20(26)22-15-8-6-13(7-9-15)10-18(21)24/h2-9,14H,10-12H2,1H3,(H2,21,24)(H,22,26). The molecular weight excluding hydrogens is 346 g/mol. The Bertz CT molecular complexity index is 864. The quantitative estimate of drug-likeness (QED) is 0.811. The van der Waals surface area contributed by atoms with Crippen molar-refractivity contribution in [3.63, 3.8) is 0 Å². The molecule has 0 bridgehead atoms. The lowest BCUT2D eigenvalue weighted by Crippen LogP contribution is -2.28. The van der Waals surface area contributed by atoms with Gasteiger partial charge in [0.25, 0.3) is 0 Å². The molecule has 140 valence electrons. The molecule has 27 heavy (non-hydrogen) atoms. The zero-order valence-corrected chi connectivity index (χ0v) is 15.0. The minimum absolute atomic E-state index is 0.114. The highest BCUT2D eigenvalue weighted by molar-refractivity contribution is 6.04. The van der Waals surface area contributed by atoms with Crippen LogP contribution in [0.1, 0.15) is 12.0 Å². The van der Waals surface area contributed by atoms with E-state index in [0.717, 1.165) is 5.56 Å². The predicted molar refractivity (Wildman–Crippen MR) is 101 cm³/mol. The van der Waals surface area contributed by atoms with Crippen molar-refractivity contribution in [3.8, 4) is 5.75 Å². The maximum absolute atomic E-state index is 12.6. The van der Waals surface area contributed by atoms with Crippen molar-refractivity contribution in [2.45, 2.75) is 12.8 Å². The highest BCUT2D eigenvalue weighted by atomic mass is 16.5. The molecule has 0 aromatic heterocycles. The van der Waals surface area contributed by atoms with Gasteiger partial charge in [-0.2, -0.15) is 0 Å². The van der Waals surface area contributed by atoms with E-state index in [1.807, 2.05) is 12.1 Å². The number of nitrogens with two attached hydrogens (primary N) is 1. The van der Waals surface area contributed by atoms with Gasteiger partial charge in [-0.3, -0.25) is 14.4 Å². The van der Waals surface area contributed by atoms with Gasteiger partial charge in [0, 0.05) is 18.7 Å². The highest BCUT2D eigenvalue weighted by Crippen LogP contribution is 2.33. The van der Waals surface area contributed by atoms with Crippen LogP contribution in [0.3, 0.4) is 0 Å². The van der Waals surface area contributed by atoms with E-state index in [9.17, 15) is 14.4 Å². The minimum atomic E-state index is -0.451. The van der Waals surface area contributed by atoms with Crippen LogP contribution in [0.5, 0.6) is 5.75 Å². The van der Waals surface area contributed by atoms with E-state index in [1.165, 1.54) is 0 Å². The molecule has 1 heterocycles. The van der Waals surface area contributed by atoms with Gasteiger partial charge in [0.1, 0.15) is 5.75 Å². The SMILES string of the molecule is COc1ccccc1N1CC(C(=O)Nc2ccc(CC(N)=O)cc2)CC1=O. The van der Waals surface area contributed by atoms with Crippen LogP contribution in [0.4, 0.5) is 11.4 Å². The van der Waals surface area contributed by atoms with Gasteiger partial charge in [0.15, 0.2) is 0 Å². The summed E-state index contributed by atoms with van der Waals surface area (Å²) < 4.78 is 5.31. The van der Waals surface area contributed by atoms with Crippen LogP contribution in [-0.2, 0) is 20.8 Å². The van der Waals surface area contributed by atoms with Crippen molar-refractivity contribution in [2.24, 2.45) is 11.7 Å². The maximum atomic E-state index is 12.6. The molecule has 0 radical (unpaired) electrons. The Morgan fingerprint density at radius 3 is 2.56 bits per heavy atom. The number of nitrogens with one attached hydrogen (secondary N) is 1.